The van der Waals surface area contributed by atoms with Gasteiger partial charge in [0.15, 0.2) is 4.90 Å². The maximum Gasteiger partial charge on any atom is 0.330 e. The number of hydrogen-bond acceptors (Lipinski definition) is 5. The lowest BCUT2D eigenvalue weighted by Gasteiger charge is -2.30. The molecule has 8 nitrogen and oxygen atoms in total. The van der Waals surface area contributed by atoms with E-state index in [1.807, 2.05) is 0 Å². The summed E-state index contributed by atoms with van der Waals surface area (Å²) in [7, 11) is 0.257. The van der Waals surface area contributed by atoms with E-state index in [4.69, 9.17) is 0 Å². The van der Waals surface area contributed by atoms with Crippen LogP contribution in [0.25, 0.3) is 0 Å². The molecule has 0 amide bonds. The minimum absolute atomic E-state index is 0.141. The van der Waals surface area contributed by atoms with Crippen LogP contribution in [0.15, 0.2) is 20.7 Å². The van der Waals surface area contributed by atoms with Crippen molar-refractivity contribution in [2.45, 2.75) is 23.8 Å². The average molecular weight is 316 g/mol. The van der Waals surface area contributed by atoms with Crippen LogP contribution in [0, 0.1) is 0 Å². The lowest BCUT2D eigenvalue weighted by atomic mass is 10.1. The molecule has 118 valence electrons. The molecule has 1 fully saturated rings. The summed E-state index contributed by atoms with van der Waals surface area (Å²) in [6.07, 6.45) is 2.49. The molecular weight excluding hydrogens is 296 g/mol. The van der Waals surface area contributed by atoms with E-state index >= 15 is 0 Å². The van der Waals surface area contributed by atoms with Gasteiger partial charge in [0.2, 0.25) is 10.0 Å². The highest BCUT2D eigenvalue weighted by atomic mass is 32.2. The van der Waals surface area contributed by atoms with Gasteiger partial charge in [-0.1, -0.05) is 0 Å². The molecule has 0 unspecified atom stereocenters. The predicted octanol–water partition coefficient (Wildman–Crippen LogP) is -1.54. The van der Waals surface area contributed by atoms with Crippen molar-refractivity contribution in [3.05, 3.63) is 27.0 Å². The number of piperidine rings is 1. The second-order valence-electron chi connectivity index (χ2n) is 5.25. The van der Waals surface area contributed by atoms with Crippen LogP contribution in [-0.4, -0.2) is 48.0 Å². The minimum atomic E-state index is -3.92. The summed E-state index contributed by atoms with van der Waals surface area (Å²) in [5.74, 6) is 0. The zero-order valence-electron chi connectivity index (χ0n) is 12.4. The van der Waals surface area contributed by atoms with E-state index in [1.165, 1.54) is 25.4 Å². The van der Waals surface area contributed by atoms with Gasteiger partial charge < -0.3 is 9.88 Å². The molecule has 0 saturated carbocycles. The fourth-order valence-electron chi connectivity index (χ4n) is 2.47. The summed E-state index contributed by atoms with van der Waals surface area (Å²) in [6, 6.07) is -0.141. The van der Waals surface area contributed by atoms with Gasteiger partial charge in [0.05, 0.1) is 0 Å². The molecular formula is C12H20N4O4S. The topological polar surface area (TPSA) is 93.4 Å². The first-order valence-electron chi connectivity index (χ1n) is 6.72. The van der Waals surface area contributed by atoms with E-state index in [2.05, 4.69) is 5.32 Å². The molecule has 1 N–H and O–H groups in total. The van der Waals surface area contributed by atoms with Crippen LogP contribution < -0.4 is 16.6 Å². The van der Waals surface area contributed by atoms with E-state index in [-0.39, 0.29) is 10.9 Å². The van der Waals surface area contributed by atoms with Gasteiger partial charge in [0.25, 0.3) is 5.56 Å². The number of nitrogens with zero attached hydrogens (tertiary/aromatic N) is 3. The summed E-state index contributed by atoms with van der Waals surface area (Å²) < 4.78 is 28.4. The molecule has 1 aliphatic heterocycles. The van der Waals surface area contributed by atoms with Crippen molar-refractivity contribution in [3.63, 3.8) is 0 Å². The first-order valence-corrected chi connectivity index (χ1v) is 8.16. The monoisotopic (exact) mass is 316 g/mol. The first kappa shape index (κ1) is 15.9. The molecule has 2 rings (SSSR count). The Morgan fingerprint density at radius 3 is 2.38 bits per heavy atom. The Bertz CT molecular complexity index is 744. The van der Waals surface area contributed by atoms with Gasteiger partial charge in [-0.05, 0) is 25.9 Å². The summed E-state index contributed by atoms with van der Waals surface area (Å²) in [6.45, 7) is 1.49. The largest absolute Gasteiger partial charge is 0.330 e. The molecule has 1 aromatic rings. The molecule has 0 aromatic carbocycles. The smallest absolute Gasteiger partial charge is 0.317 e. The van der Waals surface area contributed by atoms with Gasteiger partial charge in [-0.15, -0.1) is 0 Å². The first-order chi connectivity index (χ1) is 9.76. The summed E-state index contributed by atoms with van der Waals surface area (Å²) in [5.41, 5.74) is -1.35. The van der Waals surface area contributed by atoms with E-state index in [1.54, 1.807) is 0 Å². The molecule has 21 heavy (non-hydrogen) atoms. The van der Waals surface area contributed by atoms with E-state index < -0.39 is 21.3 Å². The second kappa shape index (κ2) is 5.74. The van der Waals surface area contributed by atoms with Gasteiger partial charge in [0.1, 0.15) is 0 Å². The van der Waals surface area contributed by atoms with Gasteiger partial charge in [-0.3, -0.25) is 9.36 Å². The molecule has 0 spiro atoms. The Hall–Kier alpha value is -1.45. The maximum absolute atomic E-state index is 12.6. The summed E-state index contributed by atoms with van der Waals surface area (Å²) in [4.78, 5) is 23.4. The number of sulfonamides is 1. The standard InChI is InChI=1S/C12H20N4O4S/c1-14-8-10(11(17)15(2)12(14)18)21(19,20)16(3)9-4-6-13-7-5-9/h8-9,13H,4-7H2,1-3H3. The Morgan fingerprint density at radius 2 is 1.81 bits per heavy atom. The molecule has 0 atom stereocenters. The molecule has 0 bridgehead atoms. The fraction of sp³-hybridized carbons (Fsp3) is 0.667. The molecule has 1 aromatic heterocycles. The minimum Gasteiger partial charge on any atom is -0.317 e. The Labute approximate surface area is 123 Å². The quantitative estimate of drug-likeness (QED) is 0.729. The van der Waals surface area contributed by atoms with Crippen molar-refractivity contribution >= 4 is 10.0 Å². The van der Waals surface area contributed by atoms with Crippen LogP contribution in [0.2, 0.25) is 0 Å². The zero-order valence-corrected chi connectivity index (χ0v) is 13.2. The molecule has 1 saturated heterocycles. The van der Waals surface area contributed by atoms with Crippen molar-refractivity contribution in [3.8, 4) is 0 Å². The third kappa shape index (κ3) is 2.81. The third-order valence-corrected chi connectivity index (χ3v) is 5.79. The Morgan fingerprint density at radius 1 is 1.24 bits per heavy atom. The number of aromatic nitrogens is 2. The fourth-order valence-corrected chi connectivity index (χ4v) is 4.04. The average Bonchev–Trinajstić information content (AvgIpc) is 2.48. The number of rotatable bonds is 3. The van der Waals surface area contributed by atoms with E-state index in [9.17, 15) is 18.0 Å². The zero-order chi connectivity index (χ0) is 15.8. The van der Waals surface area contributed by atoms with Crippen molar-refractivity contribution in [1.29, 1.82) is 0 Å². The van der Waals surface area contributed by atoms with E-state index in [0.29, 0.717) is 12.8 Å². The van der Waals surface area contributed by atoms with Crippen molar-refractivity contribution < 1.29 is 8.42 Å². The SMILES string of the molecule is CN(C1CCNCC1)S(=O)(=O)c1cn(C)c(=O)n(C)c1=O. The van der Waals surface area contributed by atoms with Crippen LogP contribution in [0.1, 0.15) is 12.8 Å². The number of nitrogens with one attached hydrogen (secondary N) is 1. The summed E-state index contributed by atoms with van der Waals surface area (Å²) >= 11 is 0. The Balaban J connectivity index is 2.49. The molecule has 0 radical (unpaired) electrons. The number of hydrogen-bond donors (Lipinski definition) is 1. The van der Waals surface area contributed by atoms with E-state index in [0.717, 1.165) is 28.4 Å². The third-order valence-electron chi connectivity index (χ3n) is 3.89. The number of aryl methyl sites for hydroxylation is 1. The highest BCUT2D eigenvalue weighted by Crippen LogP contribution is 2.17. The van der Waals surface area contributed by atoms with Gasteiger partial charge in [-0.2, -0.15) is 4.31 Å². The molecule has 1 aliphatic rings. The normalized spacial score (nSPS) is 17.3. The maximum atomic E-state index is 12.6. The molecule has 9 heteroatoms. The van der Waals surface area contributed by atoms with Crippen molar-refractivity contribution in [2.75, 3.05) is 20.1 Å². The van der Waals surface area contributed by atoms with Crippen LogP contribution in [0.3, 0.4) is 0 Å². The second-order valence-corrected chi connectivity index (χ2v) is 7.22. The van der Waals surface area contributed by atoms with Crippen LogP contribution in [-0.2, 0) is 24.1 Å². The van der Waals surface area contributed by atoms with Crippen LogP contribution in [0.4, 0.5) is 0 Å². The van der Waals surface area contributed by atoms with Gasteiger partial charge >= 0.3 is 5.69 Å². The van der Waals surface area contributed by atoms with Gasteiger partial charge in [-0.25, -0.2) is 13.2 Å². The highest BCUT2D eigenvalue weighted by molar-refractivity contribution is 7.89. The highest BCUT2D eigenvalue weighted by Gasteiger charge is 2.31. The molecule has 2 heterocycles. The van der Waals surface area contributed by atoms with Gasteiger partial charge in [0, 0.05) is 33.4 Å². The lowest BCUT2D eigenvalue weighted by molar-refractivity contribution is 0.296. The van der Waals surface area contributed by atoms with Crippen molar-refractivity contribution in [1.82, 2.24) is 18.8 Å². The lowest BCUT2D eigenvalue weighted by Crippen LogP contribution is -2.47. The van der Waals surface area contributed by atoms with Crippen LogP contribution >= 0.6 is 0 Å². The predicted molar refractivity (Wildman–Crippen MR) is 77.8 cm³/mol. The molecule has 0 aliphatic carbocycles. The summed E-state index contributed by atoms with van der Waals surface area (Å²) in [5, 5.41) is 3.17. The Kier molecular flexibility index (Phi) is 4.35. The van der Waals surface area contributed by atoms with Crippen molar-refractivity contribution in [2.24, 2.45) is 14.1 Å². The van der Waals surface area contributed by atoms with Crippen LogP contribution in [0.5, 0.6) is 0 Å².